The van der Waals surface area contributed by atoms with Crippen LogP contribution >= 0.6 is 11.8 Å². The van der Waals surface area contributed by atoms with Crippen LogP contribution in [0.15, 0.2) is 66.2 Å². The van der Waals surface area contributed by atoms with Crippen LogP contribution in [0.25, 0.3) is 11.0 Å². The van der Waals surface area contributed by atoms with Crippen molar-refractivity contribution in [2.24, 2.45) is 0 Å². The van der Waals surface area contributed by atoms with Crippen LogP contribution in [0.2, 0.25) is 0 Å². The number of nitriles is 1. The molecular weight excluding hydrogens is 567 g/mol. The van der Waals surface area contributed by atoms with Gasteiger partial charge in [0.2, 0.25) is 0 Å². The molecule has 0 unspecified atom stereocenters. The van der Waals surface area contributed by atoms with Gasteiger partial charge in [-0.3, -0.25) is 9.58 Å². The number of halogens is 1. The van der Waals surface area contributed by atoms with E-state index >= 15 is 0 Å². The first kappa shape index (κ1) is 28.6. The summed E-state index contributed by atoms with van der Waals surface area (Å²) >= 11 is 1.48. The van der Waals surface area contributed by atoms with Crippen molar-refractivity contribution in [3.05, 3.63) is 95.2 Å². The molecule has 1 fully saturated rings. The van der Waals surface area contributed by atoms with E-state index in [4.69, 9.17) is 15.3 Å². The van der Waals surface area contributed by atoms with E-state index in [-0.39, 0.29) is 17.4 Å². The van der Waals surface area contributed by atoms with Crippen LogP contribution in [0.1, 0.15) is 58.8 Å². The molecule has 43 heavy (non-hydrogen) atoms. The monoisotopic (exact) mass is 598 g/mol. The zero-order valence-corrected chi connectivity index (χ0v) is 24.5. The summed E-state index contributed by atoms with van der Waals surface area (Å²) in [6.45, 7) is 5.83. The Kier molecular flexibility index (Phi) is 8.26. The van der Waals surface area contributed by atoms with Crippen LogP contribution < -0.4 is 0 Å². The van der Waals surface area contributed by atoms with Gasteiger partial charge in [0, 0.05) is 37.8 Å². The molecule has 0 bridgehead atoms. The number of aryl methyl sites for hydroxylation is 1. The molecule has 2 aromatic carbocycles. The average Bonchev–Trinajstić information content (AvgIpc) is 3.76. The van der Waals surface area contributed by atoms with Gasteiger partial charge in [-0.15, -0.1) is 0 Å². The molecule has 12 heteroatoms. The molecule has 5 aromatic rings. The summed E-state index contributed by atoms with van der Waals surface area (Å²) in [5.74, 6) is 0.0115. The molecule has 0 saturated carbocycles. The second-order valence-electron chi connectivity index (χ2n) is 10.6. The van der Waals surface area contributed by atoms with Crippen molar-refractivity contribution in [1.82, 2.24) is 33.8 Å². The molecule has 0 aliphatic carbocycles. The second kappa shape index (κ2) is 12.4. The van der Waals surface area contributed by atoms with E-state index in [1.165, 1.54) is 17.8 Å². The van der Waals surface area contributed by atoms with Gasteiger partial charge in [-0.1, -0.05) is 17.8 Å². The highest BCUT2D eigenvalue weighted by Crippen LogP contribution is 2.28. The van der Waals surface area contributed by atoms with E-state index in [0.717, 1.165) is 60.1 Å². The van der Waals surface area contributed by atoms with E-state index < -0.39 is 5.97 Å². The van der Waals surface area contributed by atoms with Gasteiger partial charge >= 0.3 is 5.97 Å². The highest BCUT2D eigenvalue weighted by atomic mass is 32.2. The zero-order chi connectivity index (χ0) is 29.9. The number of nitrogens with zero attached hydrogens (tertiary/aromatic N) is 8. The second-order valence-corrected chi connectivity index (χ2v) is 11.6. The van der Waals surface area contributed by atoms with Crippen LogP contribution in [0, 0.1) is 17.1 Å². The fourth-order valence-corrected chi connectivity index (χ4v) is 6.40. The Morgan fingerprint density at radius 3 is 2.74 bits per heavy atom. The van der Waals surface area contributed by atoms with Crippen molar-refractivity contribution in [2.45, 2.75) is 56.2 Å². The van der Waals surface area contributed by atoms with Gasteiger partial charge in [-0.05, 0) is 61.7 Å². The third-order valence-corrected chi connectivity index (χ3v) is 8.94. The van der Waals surface area contributed by atoms with Gasteiger partial charge in [-0.25, -0.2) is 19.2 Å². The minimum atomic E-state index is -0.960. The lowest BCUT2D eigenvalue weighted by Crippen LogP contribution is -2.35. The number of carboxylic acids is 1. The summed E-state index contributed by atoms with van der Waals surface area (Å²) < 4.78 is 20.5. The molecule has 3 aromatic heterocycles. The Balaban J connectivity index is 1.12. The molecule has 6 rings (SSSR count). The van der Waals surface area contributed by atoms with Crippen LogP contribution in [0.4, 0.5) is 4.39 Å². The van der Waals surface area contributed by atoms with Crippen molar-refractivity contribution < 1.29 is 14.3 Å². The number of carboxylic acid groups (broad SMARTS) is 1. The van der Waals surface area contributed by atoms with E-state index in [1.807, 2.05) is 35.5 Å². The molecule has 10 nitrogen and oxygen atoms in total. The lowest BCUT2D eigenvalue weighted by atomic mass is 10.1. The highest BCUT2D eigenvalue weighted by Gasteiger charge is 2.24. The summed E-state index contributed by atoms with van der Waals surface area (Å²) in [5, 5.41) is 24.1. The number of rotatable bonds is 10. The fourth-order valence-electron chi connectivity index (χ4n) is 5.56. The third-order valence-electron chi connectivity index (χ3n) is 7.97. The number of carbonyl (C=O) groups is 1. The van der Waals surface area contributed by atoms with E-state index in [2.05, 4.69) is 25.9 Å². The van der Waals surface area contributed by atoms with Crippen molar-refractivity contribution in [3.8, 4) is 6.07 Å². The highest BCUT2D eigenvalue weighted by molar-refractivity contribution is 7.98. The number of piperidine rings is 1. The average molecular weight is 599 g/mol. The number of hydrogen-bond acceptors (Lipinski definition) is 7. The Hall–Kier alpha value is -4.47. The van der Waals surface area contributed by atoms with Crippen molar-refractivity contribution in [3.63, 3.8) is 0 Å². The lowest BCUT2D eigenvalue weighted by Gasteiger charge is -2.31. The third kappa shape index (κ3) is 6.18. The number of aromatic carboxylic acids is 1. The van der Waals surface area contributed by atoms with Crippen molar-refractivity contribution in [2.75, 3.05) is 13.1 Å². The van der Waals surface area contributed by atoms with Gasteiger partial charge in [0.1, 0.15) is 16.7 Å². The minimum absolute atomic E-state index is 0.240. The molecule has 1 N–H and O–H groups in total. The van der Waals surface area contributed by atoms with Crippen molar-refractivity contribution in [1.29, 1.82) is 5.26 Å². The Bertz CT molecular complexity index is 1810. The first-order valence-electron chi connectivity index (χ1n) is 14.2. The Labute approximate surface area is 252 Å². The minimum Gasteiger partial charge on any atom is -0.478 e. The van der Waals surface area contributed by atoms with Crippen LogP contribution in [-0.4, -0.2) is 57.9 Å². The van der Waals surface area contributed by atoms with E-state index in [1.54, 1.807) is 30.3 Å². The number of likely N-dealkylation sites (tertiary alicyclic amines) is 1. The largest absolute Gasteiger partial charge is 0.478 e. The number of benzene rings is 2. The van der Waals surface area contributed by atoms with Crippen LogP contribution in [0.5, 0.6) is 0 Å². The predicted octanol–water partition coefficient (Wildman–Crippen LogP) is 5.34. The maximum Gasteiger partial charge on any atom is 0.335 e. The number of hydrogen-bond donors (Lipinski definition) is 1. The van der Waals surface area contributed by atoms with E-state index in [9.17, 15) is 14.3 Å². The van der Waals surface area contributed by atoms with Gasteiger partial charge < -0.3 is 14.2 Å². The molecule has 4 heterocycles. The molecule has 0 radical (unpaired) electrons. The molecule has 0 spiro atoms. The number of aromatic nitrogens is 6. The number of fused-ring (bicyclic) bond motifs is 1. The molecule has 0 atom stereocenters. The summed E-state index contributed by atoms with van der Waals surface area (Å²) in [5.41, 5.74) is 3.73. The molecule has 1 aliphatic rings. The topological polar surface area (TPSA) is 118 Å². The smallest absolute Gasteiger partial charge is 0.335 e. The van der Waals surface area contributed by atoms with Crippen molar-refractivity contribution >= 4 is 28.8 Å². The molecule has 220 valence electrons. The predicted molar refractivity (Wildman–Crippen MR) is 160 cm³/mol. The summed E-state index contributed by atoms with van der Waals surface area (Å²) in [6.07, 6.45) is 7.52. The standard InChI is InChI=1S/C31H31FN8O2S/c1-2-38-20-34-16-25(38)17-39-28-14-22(31(41)42)5-6-27(28)35-29(39)18-37-10-7-24(8-11-37)40-12-9-30(36-40)43-19-23-4-3-21(15-33)13-26(23)32/h3-6,9,12-14,16,20,24H,2,7-8,10-11,17-19H2,1H3,(H,41,42). The van der Waals surface area contributed by atoms with Gasteiger partial charge in [0.15, 0.2) is 0 Å². The normalized spacial score (nSPS) is 14.3. The fraction of sp³-hybridized carbons (Fsp3) is 0.323. The number of thioether (sulfide) groups is 1. The maximum absolute atomic E-state index is 14.3. The Morgan fingerprint density at radius 2 is 2.00 bits per heavy atom. The van der Waals surface area contributed by atoms with Gasteiger partial charge in [0.05, 0.1) is 59.4 Å². The van der Waals surface area contributed by atoms with Crippen LogP contribution in [-0.2, 0) is 25.4 Å². The summed E-state index contributed by atoms with van der Waals surface area (Å²) in [4.78, 5) is 23.3. The maximum atomic E-state index is 14.3. The molecule has 1 aliphatic heterocycles. The number of imidazole rings is 2. The van der Waals surface area contributed by atoms with E-state index in [0.29, 0.717) is 30.0 Å². The molecular formula is C31H31FN8O2S. The summed E-state index contributed by atoms with van der Waals surface area (Å²) in [7, 11) is 0. The Morgan fingerprint density at radius 1 is 1.16 bits per heavy atom. The van der Waals surface area contributed by atoms with Gasteiger partial charge in [-0.2, -0.15) is 10.4 Å². The summed E-state index contributed by atoms with van der Waals surface area (Å²) in [6, 6.07) is 13.8. The molecule has 0 amide bonds. The molecule has 1 saturated heterocycles. The van der Waals surface area contributed by atoms with Gasteiger partial charge in [0.25, 0.3) is 0 Å². The SMILES string of the molecule is CCn1cncc1Cn1c(CN2CCC(n3ccc(SCc4ccc(C#N)cc4F)n3)CC2)nc2ccc(C(=O)O)cc21. The first-order chi connectivity index (χ1) is 20.9. The first-order valence-corrected chi connectivity index (χ1v) is 15.2. The van der Waals surface area contributed by atoms with Crippen LogP contribution in [0.3, 0.4) is 0 Å². The zero-order valence-electron chi connectivity index (χ0n) is 23.7. The lowest BCUT2D eigenvalue weighted by molar-refractivity contribution is 0.0697. The quantitative estimate of drug-likeness (QED) is 0.214.